The van der Waals surface area contributed by atoms with Gasteiger partial charge in [-0.3, -0.25) is 9.78 Å². The number of aromatic nitrogens is 1. The van der Waals surface area contributed by atoms with Crippen LogP contribution in [-0.4, -0.2) is 28.9 Å². The first kappa shape index (κ1) is 15.6. The average Bonchev–Trinajstić information content (AvgIpc) is 2.81. The Bertz CT molecular complexity index is 839. The SMILES string of the molecule is O=C(NCc1ccc2c(c1)CCN(C1=CC=C1)CC2)c1ccncc1. The lowest BCUT2D eigenvalue weighted by Gasteiger charge is -2.26. The van der Waals surface area contributed by atoms with Crippen LogP contribution >= 0.6 is 0 Å². The highest BCUT2D eigenvalue weighted by atomic mass is 16.1. The van der Waals surface area contributed by atoms with Crippen LogP contribution in [0.3, 0.4) is 0 Å². The van der Waals surface area contributed by atoms with Crippen molar-refractivity contribution in [1.29, 1.82) is 0 Å². The molecule has 0 atom stereocenters. The predicted molar refractivity (Wildman–Crippen MR) is 98.1 cm³/mol. The summed E-state index contributed by atoms with van der Waals surface area (Å²) in [5, 5.41) is 2.99. The summed E-state index contributed by atoms with van der Waals surface area (Å²) in [6.45, 7) is 2.67. The van der Waals surface area contributed by atoms with Crippen molar-refractivity contribution in [3.05, 3.63) is 88.9 Å². The highest BCUT2D eigenvalue weighted by molar-refractivity contribution is 5.93. The van der Waals surface area contributed by atoms with Gasteiger partial charge >= 0.3 is 0 Å². The van der Waals surface area contributed by atoms with Crippen molar-refractivity contribution in [3.63, 3.8) is 0 Å². The molecule has 2 heterocycles. The van der Waals surface area contributed by atoms with Gasteiger partial charge in [0.25, 0.3) is 5.91 Å². The molecule has 0 unspecified atom stereocenters. The summed E-state index contributed by atoms with van der Waals surface area (Å²) in [5.41, 5.74) is 5.97. The van der Waals surface area contributed by atoms with E-state index in [1.165, 1.54) is 16.8 Å². The van der Waals surface area contributed by atoms with Crippen LogP contribution in [0.2, 0.25) is 0 Å². The number of benzene rings is 1. The molecule has 1 aromatic carbocycles. The first-order valence-corrected chi connectivity index (χ1v) is 8.72. The maximum absolute atomic E-state index is 12.2. The number of allylic oxidation sites excluding steroid dienone is 3. The van der Waals surface area contributed by atoms with Gasteiger partial charge in [-0.2, -0.15) is 0 Å². The number of fused-ring (bicyclic) bond motifs is 1. The topological polar surface area (TPSA) is 45.2 Å². The lowest BCUT2D eigenvalue weighted by molar-refractivity contribution is 0.0951. The van der Waals surface area contributed by atoms with Crippen LogP contribution < -0.4 is 5.32 Å². The van der Waals surface area contributed by atoms with Gasteiger partial charge in [-0.25, -0.2) is 0 Å². The fourth-order valence-corrected chi connectivity index (χ4v) is 3.33. The van der Waals surface area contributed by atoms with Crippen LogP contribution in [0.25, 0.3) is 0 Å². The number of carbonyl (C=O) groups excluding carboxylic acids is 1. The maximum Gasteiger partial charge on any atom is 0.251 e. The van der Waals surface area contributed by atoms with Crippen molar-refractivity contribution in [2.45, 2.75) is 19.4 Å². The Morgan fingerprint density at radius 1 is 1.08 bits per heavy atom. The lowest BCUT2D eigenvalue weighted by Crippen LogP contribution is -2.26. The third kappa shape index (κ3) is 3.48. The molecule has 4 heteroatoms. The zero-order valence-corrected chi connectivity index (χ0v) is 14.1. The number of hydrogen-bond acceptors (Lipinski definition) is 3. The van der Waals surface area contributed by atoms with Crippen LogP contribution in [0.4, 0.5) is 0 Å². The summed E-state index contributed by atoms with van der Waals surface area (Å²) in [7, 11) is 0. The van der Waals surface area contributed by atoms with Gasteiger partial charge in [0.15, 0.2) is 0 Å². The normalized spacial score (nSPS) is 15.7. The molecule has 4 nitrogen and oxygen atoms in total. The molecule has 0 saturated heterocycles. The highest BCUT2D eigenvalue weighted by Gasteiger charge is 2.16. The van der Waals surface area contributed by atoms with E-state index in [4.69, 9.17) is 0 Å². The van der Waals surface area contributed by atoms with Gasteiger partial charge in [0, 0.05) is 43.3 Å². The second-order valence-electron chi connectivity index (χ2n) is 6.46. The number of nitrogens with zero attached hydrogens (tertiary/aromatic N) is 2. The van der Waals surface area contributed by atoms with Crippen molar-refractivity contribution in [1.82, 2.24) is 15.2 Å². The molecule has 2 aliphatic rings. The number of amides is 1. The molecule has 126 valence electrons. The Labute approximate surface area is 147 Å². The number of nitrogens with one attached hydrogen (secondary N) is 1. The van der Waals surface area contributed by atoms with E-state index in [1.807, 2.05) is 0 Å². The van der Waals surface area contributed by atoms with Gasteiger partial charge in [0.1, 0.15) is 0 Å². The first-order valence-electron chi connectivity index (χ1n) is 8.72. The summed E-state index contributed by atoms with van der Waals surface area (Å²) in [6, 6.07) is 10.0. The van der Waals surface area contributed by atoms with Gasteiger partial charge in [0.2, 0.25) is 0 Å². The Hall–Kier alpha value is -2.88. The maximum atomic E-state index is 12.2. The molecule has 25 heavy (non-hydrogen) atoms. The Morgan fingerprint density at radius 2 is 1.84 bits per heavy atom. The third-order valence-electron chi connectivity index (χ3n) is 4.87. The predicted octanol–water partition coefficient (Wildman–Crippen LogP) is 2.87. The molecule has 0 fully saturated rings. The molecule has 0 bridgehead atoms. The average molecular weight is 331 g/mol. The van der Waals surface area contributed by atoms with E-state index in [0.29, 0.717) is 12.1 Å². The smallest absolute Gasteiger partial charge is 0.251 e. The van der Waals surface area contributed by atoms with Crippen molar-refractivity contribution in [2.24, 2.45) is 0 Å². The van der Waals surface area contributed by atoms with Crippen LogP contribution in [0.1, 0.15) is 27.0 Å². The molecular weight excluding hydrogens is 310 g/mol. The van der Waals surface area contributed by atoms with Crippen molar-refractivity contribution < 1.29 is 4.79 Å². The molecule has 2 aromatic rings. The van der Waals surface area contributed by atoms with E-state index in [1.54, 1.807) is 24.5 Å². The number of carbonyl (C=O) groups is 1. The van der Waals surface area contributed by atoms with Crippen LogP contribution in [0, 0.1) is 0 Å². The first-order chi connectivity index (χ1) is 12.3. The summed E-state index contributed by atoms with van der Waals surface area (Å²) in [5.74, 6) is -0.0628. The fraction of sp³-hybridized carbons (Fsp3) is 0.238. The molecular formula is C21H21N3O. The van der Waals surface area contributed by atoms with Crippen molar-refractivity contribution in [3.8, 4) is 0 Å². The standard InChI is InChI=1S/C21H21N3O/c25-21(18-6-10-22-11-7-18)23-15-16-4-5-17-8-12-24(20-2-1-3-20)13-9-19(17)14-16/h1-7,10-11,14H,8-9,12-13,15H2,(H,23,25). The quantitative estimate of drug-likeness (QED) is 0.937. The van der Waals surface area contributed by atoms with Crippen LogP contribution in [-0.2, 0) is 19.4 Å². The fourth-order valence-electron chi connectivity index (χ4n) is 3.33. The second kappa shape index (κ2) is 6.93. The molecule has 1 aromatic heterocycles. The van der Waals surface area contributed by atoms with E-state index >= 15 is 0 Å². The van der Waals surface area contributed by atoms with Crippen LogP contribution in [0.5, 0.6) is 0 Å². The van der Waals surface area contributed by atoms with Gasteiger partial charge in [-0.05, 0) is 53.8 Å². The molecule has 1 amide bonds. The largest absolute Gasteiger partial charge is 0.371 e. The molecule has 1 N–H and O–H groups in total. The van der Waals surface area contributed by atoms with E-state index in [0.717, 1.165) is 31.5 Å². The number of pyridine rings is 1. The summed E-state index contributed by atoms with van der Waals surface area (Å²) < 4.78 is 0. The minimum absolute atomic E-state index is 0.0628. The van der Waals surface area contributed by atoms with Crippen LogP contribution in [0.15, 0.2) is 66.7 Å². The molecule has 0 radical (unpaired) electrons. The number of rotatable bonds is 4. The lowest BCUT2D eigenvalue weighted by atomic mass is 10.00. The molecule has 4 rings (SSSR count). The van der Waals surface area contributed by atoms with Gasteiger partial charge in [0.05, 0.1) is 0 Å². The van der Waals surface area contributed by atoms with Gasteiger partial charge in [-0.1, -0.05) is 24.3 Å². The molecule has 1 aliphatic carbocycles. The summed E-state index contributed by atoms with van der Waals surface area (Å²) in [6.07, 6.45) is 11.8. The molecule has 1 aliphatic heterocycles. The Kier molecular flexibility index (Phi) is 4.34. The van der Waals surface area contributed by atoms with Gasteiger partial charge < -0.3 is 10.2 Å². The van der Waals surface area contributed by atoms with E-state index in [-0.39, 0.29) is 5.91 Å². The molecule has 0 saturated carbocycles. The third-order valence-corrected chi connectivity index (χ3v) is 4.87. The minimum atomic E-state index is -0.0628. The summed E-state index contributed by atoms with van der Waals surface area (Å²) in [4.78, 5) is 18.6. The van der Waals surface area contributed by atoms with Gasteiger partial charge in [-0.15, -0.1) is 0 Å². The molecule has 0 spiro atoms. The highest BCUT2D eigenvalue weighted by Crippen LogP contribution is 2.22. The van der Waals surface area contributed by atoms with E-state index < -0.39 is 0 Å². The minimum Gasteiger partial charge on any atom is -0.371 e. The number of hydrogen-bond donors (Lipinski definition) is 1. The summed E-state index contributed by atoms with van der Waals surface area (Å²) >= 11 is 0. The Morgan fingerprint density at radius 3 is 2.56 bits per heavy atom. The van der Waals surface area contributed by atoms with Crippen molar-refractivity contribution in [2.75, 3.05) is 13.1 Å². The zero-order valence-electron chi connectivity index (χ0n) is 14.1. The van der Waals surface area contributed by atoms with E-state index in [9.17, 15) is 4.79 Å². The second-order valence-corrected chi connectivity index (χ2v) is 6.46. The monoisotopic (exact) mass is 331 g/mol. The van der Waals surface area contributed by atoms with Crippen molar-refractivity contribution >= 4 is 5.91 Å². The Balaban J connectivity index is 1.40. The van der Waals surface area contributed by atoms with E-state index in [2.05, 4.69) is 51.6 Å². The zero-order chi connectivity index (χ0) is 17.1.